The number of hydrogen-bond donors (Lipinski definition) is 0. The number of esters is 1. The molecule has 1 aliphatic heterocycles. The average Bonchev–Trinajstić information content (AvgIpc) is 2.34. The summed E-state index contributed by atoms with van der Waals surface area (Å²) in [5.74, 6) is -0.199. The quantitative estimate of drug-likeness (QED) is 0.401. The molecule has 53 valence electrons. The van der Waals surface area contributed by atoms with Crippen molar-refractivity contribution in [3.05, 3.63) is 35.4 Å². The van der Waals surface area contributed by atoms with Crippen LogP contribution >= 0.6 is 0 Å². The van der Waals surface area contributed by atoms with Gasteiger partial charge in [0.15, 0.2) is 0 Å². The van der Waals surface area contributed by atoms with E-state index in [0.29, 0.717) is 12.2 Å². The summed E-state index contributed by atoms with van der Waals surface area (Å²) < 4.78 is 4.78. The molecular weight excluding hydrogens is 139 g/mol. The second-order valence-electron chi connectivity index (χ2n) is 2.23. The molecule has 3 heteroatoms. The van der Waals surface area contributed by atoms with Crippen molar-refractivity contribution in [2.24, 2.45) is 0 Å². The first kappa shape index (κ1) is 7.86. The smallest absolute Gasteiger partial charge is 0.338 e. The highest BCUT2D eigenvalue weighted by molar-refractivity contribution is 5.93. The molecule has 0 N–H and O–H groups in total. The van der Waals surface area contributed by atoms with E-state index < -0.39 is 0 Å². The van der Waals surface area contributed by atoms with E-state index in [1.807, 2.05) is 18.2 Å². The molecule has 1 heterocycles. The summed E-state index contributed by atoms with van der Waals surface area (Å²) in [7, 11) is 0. The van der Waals surface area contributed by atoms with Crippen molar-refractivity contribution in [3.63, 3.8) is 0 Å². The second kappa shape index (κ2) is 2.78. The van der Waals surface area contributed by atoms with Crippen molar-refractivity contribution in [1.29, 1.82) is 0 Å². The first-order valence-corrected chi connectivity index (χ1v) is 3.13. The lowest BCUT2D eigenvalue weighted by Crippen LogP contribution is -1.91. The zero-order valence-corrected chi connectivity index (χ0v) is 5.91. The minimum Gasteiger partial charge on any atom is -0.457 e. The monoisotopic (exact) mass is 145 g/mol. The number of ether oxygens (including phenoxy) is 1. The molecule has 0 fully saturated rings. The number of carbonyl (C=O) groups excluding carboxylic acids is 1. The Labute approximate surface area is 66.8 Å². The Morgan fingerprint density at radius 1 is 1.27 bits per heavy atom. The summed E-state index contributed by atoms with van der Waals surface area (Å²) in [6.07, 6.45) is 0. The lowest BCUT2D eigenvalue weighted by atomic mass is 10.1. The highest BCUT2D eigenvalue weighted by atomic mass is 16.5. The lowest BCUT2D eigenvalue weighted by Gasteiger charge is -1.87. The molecule has 0 bridgehead atoms. The fourth-order valence-electron chi connectivity index (χ4n) is 1.07. The summed E-state index contributed by atoms with van der Waals surface area (Å²) in [6, 6.07) is 7.43. The number of benzene rings is 1. The highest BCUT2D eigenvalue weighted by Gasteiger charge is 2.18. The third-order valence-corrected chi connectivity index (χ3v) is 1.60. The van der Waals surface area contributed by atoms with Crippen molar-refractivity contribution < 1.29 is 9.53 Å². The maximum atomic E-state index is 10.8. The van der Waals surface area contributed by atoms with Gasteiger partial charge in [0, 0.05) is 14.0 Å². The predicted molar refractivity (Wildman–Crippen MR) is 41.3 cm³/mol. The van der Waals surface area contributed by atoms with Gasteiger partial charge in [-0.15, -0.1) is 0 Å². The molecule has 0 atom stereocenters. The van der Waals surface area contributed by atoms with E-state index in [0.717, 1.165) is 5.56 Å². The van der Waals surface area contributed by atoms with Crippen molar-refractivity contribution in [3.8, 4) is 0 Å². The Kier molecular flexibility index (Phi) is 1.99. The van der Waals surface area contributed by atoms with Crippen LogP contribution in [0.15, 0.2) is 24.3 Å². The Morgan fingerprint density at radius 3 is 2.73 bits per heavy atom. The average molecular weight is 145 g/mol. The molecule has 0 aliphatic carbocycles. The molecule has 0 saturated carbocycles. The summed E-state index contributed by atoms with van der Waals surface area (Å²) in [4.78, 5) is 10.8. The topological polar surface area (TPSA) is 26.3 Å². The SMILES string of the molecule is O=C1OCc2ccccc21.[B]. The number of cyclic esters (lactones) is 1. The molecule has 1 aromatic rings. The molecule has 0 unspecified atom stereocenters. The van der Waals surface area contributed by atoms with Crippen molar-refractivity contribution in [2.45, 2.75) is 6.61 Å². The molecule has 0 amide bonds. The van der Waals surface area contributed by atoms with Crippen molar-refractivity contribution >= 4 is 14.4 Å². The molecule has 11 heavy (non-hydrogen) atoms. The van der Waals surface area contributed by atoms with Gasteiger partial charge in [0.2, 0.25) is 0 Å². The van der Waals surface area contributed by atoms with Gasteiger partial charge in [-0.1, -0.05) is 18.2 Å². The van der Waals surface area contributed by atoms with Gasteiger partial charge < -0.3 is 4.74 Å². The normalized spacial score (nSPS) is 13.3. The number of carbonyl (C=O) groups is 1. The van der Waals surface area contributed by atoms with Gasteiger partial charge in [-0.3, -0.25) is 0 Å². The molecular formula is C8H6BO2. The first-order chi connectivity index (χ1) is 4.88. The van der Waals surface area contributed by atoms with E-state index in [9.17, 15) is 4.79 Å². The zero-order valence-electron chi connectivity index (χ0n) is 5.91. The van der Waals surface area contributed by atoms with Crippen LogP contribution in [0, 0.1) is 0 Å². The molecule has 0 aromatic heterocycles. The van der Waals surface area contributed by atoms with Crippen molar-refractivity contribution in [2.75, 3.05) is 0 Å². The van der Waals surface area contributed by atoms with Crippen LogP contribution in [0.2, 0.25) is 0 Å². The Hall–Kier alpha value is -1.25. The molecule has 1 aliphatic rings. The van der Waals surface area contributed by atoms with Crippen LogP contribution in [-0.4, -0.2) is 14.4 Å². The van der Waals surface area contributed by atoms with E-state index in [1.165, 1.54) is 0 Å². The van der Waals surface area contributed by atoms with Crippen LogP contribution < -0.4 is 0 Å². The number of hydrogen-bond acceptors (Lipinski definition) is 2. The Balaban J connectivity index is 0.000000605. The molecule has 3 radical (unpaired) electrons. The number of rotatable bonds is 0. The fourth-order valence-corrected chi connectivity index (χ4v) is 1.07. The van der Waals surface area contributed by atoms with Gasteiger partial charge in [-0.2, -0.15) is 0 Å². The largest absolute Gasteiger partial charge is 0.457 e. The minimum absolute atomic E-state index is 0. The second-order valence-corrected chi connectivity index (χ2v) is 2.23. The van der Waals surface area contributed by atoms with Crippen LogP contribution in [0.4, 0.5) is 0 Å². The van der Waals surface area contributed by atoms with Gasteiger partial charge in [-0.05, 0) is 6.07 Å². The van der Waals surface area contributed by atoms with Crippen LogP contribution in [-0.2, 0) is 11.3 Å². The Morgan fingerprint density at radius 2 is 2.00 bits per heavy atom. The predicted octanol–water partition coefficient (Wildman–Crippen LogP) is 0.976. The number of fused-ring (bicyclic) bond motifs is 1. The van der Waals surface area contributed by atoms with E-state index in [1.54, 1.807) is 6.07 Å². The molecule has 2 rings (SSSR count). The summed E-state index contributed by atoms with van der Waals surface area (Å²) in [5, 5.41) is 0. The van der Waals surface area contributed by atoms with Crippen LogP contribution in [0.3, 0.4) is 0 Å². The van der Waals surface area contributed by atoms with Crippen LogP contribution in [0.5, 0.6) is 0 Å². The summed E-state index contributed by atoms with van der Waals surface area (Å²) in [5.41, 5.74) is 1.70. The van der Waals surface area contributed by atoms with Crippen LogP contribution in [0.1, 0.15) is 15.9 Å². The van der Waals surface area contributed by atoms with E-state index in [2.05, 4.69) is 0 Å². The molecule has 1 aromatic carbocycles. The third kappa shape index (κ3) is 1.14. The van der Waals surface area contributed by atoms with E-state index in [4.69, 9.17) is 4.74 Å². The van der Waals surface area contributed by atoms with E-state index in [-0.39, 0.29) is 14.4 Å². The maximum Gasteiger partial charge on any atom is 0.338 e. The zero-order chi connectivity index (χ0) is 6.97. The van der Waals surface area contributed by atoms with Gasteiger partial charge in [0.25, 0.3) is 0 Å². The van der Waals surface area contributed by atoms with Gasteiger partial charge >= 0.3 is 5.97 Å². The summed E-state index contributed by atoms with van der Waals surface area (Å²) in [6.45, 7) is 0.439. The van der Waals surface area contributed by atoms with Gasteiger partial charge in [0.05, 0.1) is 5.56 Å². The fraction of sp³-hybridized carbons (Fsp3) is 0.125. The third-order valence-electron chi connectivity index (χ3n) is 1.60. The first-order valence-electron chi connectivity index (χ1n) is 3.13. The lowest BCUT2D eigenvalue weighted by molar-refractivity contribution is 0.0535. The molecule has 0 spiro atoms. The van der Waals surface area contributed by atoms with Gasteiger partial charge in [-0.25, -0.2) is 4.79 Å². The van der Waals surface area contributed by atoms with Crippen molar-refractivity contribution in [1.82, 2.24) is 0 Å². The highest BCUT2D eigenvalue weighted by Crippen LogP contribution is 2.17. The maximum absolute atomic E-state index is 10.8. The summed E-state index contributed by atoms with van der Waals surface area (Å²) >= 11 is 0. The minimum atomic E-state index is -0.199. The van der Waals surface area contributed by atoms with E-state index >= 15 is 0 Å². The van der Waals surface area contributed by atoms with Gasteiger partial charge in [0.1, 0.15) is 6.61 Å². The standard InChI is InChI=1S/C8H6O2.B/c9-8-7-4-2-1-3-6(7)5-10-8;/h1-4H,5H2;. The molecule has 0 saturated heterocycles. The molecule has 2 nitrogen and oxygen atoms in total. The van der Waals surface area contributed by atoms with Crippen LogP contribution in [0.25, 0.3) is 0 Å². The Bertz CT molecular complexity index is 283.